The van der Waals surface area contributed by atoms with Crippen molar-refractivity contribution in [2.45, 2.75) is 19.6 Å². The van der Waals surface area contributed by atoms with Crippen LogP contribution in [-0.4, -0.2) is 28.8 Å². The van der Waals surface area contributed by atoms with E-state index in [1.165, 1.54) is 13.3 Å². The van der Waals surface area contributed by atoms with Crippen molar-refractivity contribution in [1.82, 2.24) is 9.78 Å². The smallest absolute Gasteiger partial charge is 0.231 e. The monoisotopic (exact) mass is 310 g/mol. The molecule has 7 heteroatoms. The Labute approximate surface area is 126 Å². The summed E-state index contributed by atoms with van der Waals surface area (Å²) in [7, 11) is 1.54. The maximum Gasteiger partial charge on any atom is 0.231 e. The fourth-order valence-electron chi connectivity index (χ4n) is 2.36. The number of fused-ring (bicyclic) bond motifs is 1. The van der Waals surface area contributed by atoms with Gasteiger partial charge in [0.15, 0.2) is 11.5 Å². The van der Waals surface area contributed by atoms with Crippen molar-refractivity contribution in [2.75, 3.05) is 13.9 Å². The molecule has 6 nitrogen and oxygen atoms in total. The predicted molar refractivity (Wildman–Crippen MR) is 76.1 cm³/mol. The molecule has 0 aliphatic carbocycles. The number of methoxy groups -OCH3 is 1. The first-order chi connectivity index (χ1) is 10.2. The van der Waals surface area contributed by atoms with Gasteiger partial charge in [0.05, 0.1) is 24.0 Å². The second-order valence-electron chi connectivity index (χ2n) is 4.55. The first-order valence-electron chi connectivity index (χ1n) is 6.52. The molecule has 1 N–H and O–H groups in total. The quantitative estimate of drug-likeness (QED) is 0.939. The van der Waals surface area contributed by atoms with Gasteiger partial charge in [0, 0.05) is 6.54 Å². The summed E-state index contributed by atoms with van der Waals surface area (Å²) >= 11 is 6.13. The highest BCUT2D eigenvalue weighted by atomic mass is 35.5. The predicted octanol–water partition coefficient (Wildman–Crippen LogP) is 2.38. The van der Waals surface area contributed by atoms with E-state index in [0.29, 0.717) is 40.1 Å². The number of aryl methyl sites for hydroxylation is 1. The normalized spacial score (nSPS) is 14.3. The molecule has 1 atom stereocenters. The van der Waals surface area contributed by atoms with Gasteiger partial charge in [-0.3, -0.25) is 4.68 Å². The molecule has 1 aromatic heterocycles. The Morgan fingerprint density at radius 3 is 3.00 bits per heavy atom. The fourth-order valence-corrected chi connectivity index (χ4v) is 2.61. The van der Waals surface area contributed by atoms with Crippen molar-refractivity contribution in [3.05, 3.63) is 34.6 Å². The second-order valence-corrected chi connectivity index (χ2v) is 4.96. The Kier molecular flexibility index (Phi) is 3.65. The van der Waals surface area contributed by atoms with Gasteiger partial charge >= 0.3 is 0 Å². The second kappa shape index (κ2) is 5.46. The van der Waals surface area contributed by atoms with Crippen LogP contribution >= 0.6 is 11.6 Å². The highest BCUT2D eigenvalue weighted by molar-refractivity contribution is 6.31. The van der Waals surface area contributed by atoms with Crippen molar-refractivity contribution >= 4 is 11.6 Å². The third-order valence-corrected chi connectivity index (χ3v) is 3.68. The van der Waals surface area contributed by atoms with E-state index < -0.39 is 6.10 Å². The first kappa shape index (κ1) is 14.0. The average molecular weight is 311 g/mol. The standard InChI is InChI=1S/C14H15ClN2O4/c1-3-17-12(9(15)6-16-17)13(18)8-4-10(19-2)14-11(5-8)20-7-21-14/h4-6,13,18H,3,7H2,1-2H3. The summed E-state index contributed by atoms with van der Waals surface area (Å²) in [6.45, 7) is 2.68. The molecule has 0 bridgehead atoms. The molecular formula is C14H15ClN2O4. The molecular weight excluding hydrogens is 296 g/mol. The Morgan fingerprint density at radius 2 is 2.29 bits per heavy atom. The van der Waals surface area contributed by atoms with Crippen molar-refractivity contribution in [2.24, 2.45) is 0 Å². The minimum absolute atomic E-state index is 0.138. The van der Waals surface area contributed by atoms with Crippen LogP contribution in [0, 0.1) is 0 Å². The number of rotatable bonds is 4. The minimum Gasteiger partial charge on any atom is -0.493 e. The first-order valence-corrected chi connectivity index (χ1v) is 6.90. The number of ether oxygens (including phenoxy) is 3. The van der Waals surface area contributed by atoms with Crippen LogP contribution < -0.4 is 14.2 Å². The molecule has 3 rings (SSSR count). The Bertz CT molecular complexity index is 671. The van der Waals surface area contributed by atoms with E-state index in [4.69, 9.17) is 25.8 Å². The SMILES string of the molecule is CCn1ncc(Cl)c1C(O)c1cc(OC)c2c(c1)OCO2. The molecule has 1 unspecified atom stereocenters. The van der Waals surface area contributed by atoms with Gasteiger partial charge in [-0.15, -0.1) is 0 Å². The third kappa shape index (κ3) is 2.30. The number of aromatic nitrogens is 2. The highest BCUT2D eigenvalue weighted by Crippen LogP contribution is 2.44. The number of nitrogens with zero attached hydrogens (tertiary/aromatic N) is 2. The summed E-state index contributed by atoms with van der Waals surface area (Å²) in [5.41, 5.74) is 1.15. The zero-order valence-corrected chi connectivity index (χ0v) is 12.4. The number of halogens is 1. The number of benzene rings is 1. The molecule has 1 aliphatic rings. The lowest BCUT2D eigenvalue weighted by Crippen LogP contribution is -2.09. The van der Waals surface area contributed by atoms with Crippen LogP contribution in [0.5, 0.6) is 17.2 Å². The van der Waals surface area contributed by atoms with Crippen molar-refractivity contribution < 1.29 is 19.3 Å². The topological polar surface area (TPSA) is 65.7 Å². The zero-order chi connectivity index (χ0) is 15.0. The molecule has 0 saturated carbocycles. The van der Waals surface area contributed by atoms with E-state index >= 15 is 0 Å². The van der Waals surface area contributed by atoms with Crippen LogP contribution in [0.15, 0.2) is 18.3 Å². The molecule has 2 aromatic rings. The highest BCUT2D eigenvalue weighted by Gasteiger charge is 2.25. The van der Waals surface area contributed by atoms with Crippen LogP contribution in [0.25, 0.3) is 0 Å². The minimum atomic E-state index is -0.927. The Morgan fingerprint density at radius 1 is 1.48 bits per heavy atom. The molecule has 21 heavy (non-hydrogen) atoms. The Balaban J connectivity index is 2.06. The van der Waals surface area contributed by atoms with Gasteiger partial charge in [-0.05, 0) is 24.6 Å². The van der Waals surface area contributed by atoms with E-state index in [2.05, 4.69) is 5.10 Å². The van der Waals surface area contributed by atoms with Crippen molar-refractivity contribution in [3.63, 3.8) is 0 Å². The van der Waals surface area contributed by atoms with Crippen LogP contribution in [0.1, 0.15) is 24.3 Å². The largest absolute Gasteiger partial charge is 0.493 e. The lowest BCUT2D eigenvalue weighted by atomic mass is 10.0. The van der Waals surface area contributed by atoms with Gasteiger partial charge in [0.1, 0.15) is 6.10 Å². The zero-order valence-electron chi connectivity index (χ0n) is 11.7. The van der Waals surface area contributed by atoms with Crippen LogP contribution in [0.2, 0.25) is 5.02 Å². The summed E-state index contributed by atoms with van der Waals surface area (Å²) in [6.07, 6.45) is 0.594. The van der Waals surface area contributed by atoms with E-state index in [1.807, 2.05) is 6.92 Å². The van der Waals surface area contributed by atoms with Crippen LogP contribution in [0.4, 0.5) is 0 Å². The molecule has 2 heterocycles. The lowest BCUT2D eigenvalue weighted by Gasteiger charge is -2.15. The van der Waals surface area contributed by atoms with E-state index in [-0.39, 0.29) is 6.79 Å². The summed E-state index contributed by atoms with van der Waals surface area (Å²) in [4.78, 5) is 0. The molecule has 1 aliphatic heterocycles. The summed E-state index contributed by atoms with van der Waals surface area (Å²) in [5, 5.41) is 15.2. The third-order valence-electron chi connectivity index (χ3n) is 3.39. The molecule has 0 fully saturated rings. The van der Waals surface area contributed by atoms with Gasteiger partial charge in [0.25, 0.3) is 0 Å². The Hall–Kier alpha value is -1.92. The lowest BCUT2D eigenvalue weighted by molar-refractivity contribution is 0.171. The molecule has 0 radical (unpaired) electrons. The number of hydrogen-bond acceptors (Lipinski definition) is 5. The van der Waals surface area contributed by atoms with Gasteiger partial charge in [-0.2, -0.15) is 5.10 Å². The summed E-state index contributed by atoms with van der Waals surface area (Å²) < 4.78 is 17.6. The van der Waals surface area contributed by atoms with E-state index in [9.17, 15) is 5.11 Å². The molecule has 0 spiro atoms. The van der Waals surface area contributed by atoms with Crippen molar-refractivity contribution in [1.29, 1.82) is 0 Å². The van der Waals surface area contributed by atoms with E-state index in [1.54, 1.807) is 16.8 Å². The van der Waals surface area contributed by atoms with Crippen molar-refractivity contribution in [3.8, 4) is 17.2 Å². The van der Waals surface area contributed by atoms with Gasteiger partial charge < -0.3 is 19.3 Å². The summed E-state index contributed by atoms with van der Waals surface area (Å²) in [5.74, 6) is 1.60. The molecule has 0 amide bonds. The van der Waals surface area contributed by atoms with Gasteiger partial charge in [-0.25, -0.2) is 0 Å². The van der Waals surface area contributed by atoms with Crippen LogP contribution in [0.3, 0.4) is 0 Å². The maximum absolute atomic E-state index is 10.6. The maximum atomic E-state index is 10.6. The number of hydrogen-bond donors (Lipinski definition) is 1. The molecule has 0 saturated heterocycles. The average Bonchev–Trinajstić information content (AvgIpc) is 3.11. The van der Waals surface area contributed by atoms with E-state index in [0.717, 1.165) is 0 Å². The van der Waals surface area contributed by atoms with Crippen LogP contribution in [-0.2, 0) is 6.54 Å². The number of aliphatic hydroxyl groups excluding tert-OH is 1. The molecule has 112 valence electrons. The molecule has 1 aromatic carbocycles. The summed E-state index contributed by atoms with van der Waals surface area (Å²) in [6, 6.07) is 3.43. The number of aliphatic hydroxyl groups is 1. The van der Waals surface area contributed by atoms with Gasteiger partial charge in [-0.1, -0.05) is 11.6 Å². The van der Waals surface area contributed by atoms with Gasteiger partial charge in [0.2, 0.25) is 12.5 Å². The fraction of sp³-hybridized carbons (Fsp3) is 0.357.